The molecule has 0 saturated carbocycles. The zero-order valence-electron chi connectivity index (χ0n) is 15.5. The van der Waals surface area contributed by atoms with Gasteiger partial charge in [-0.05, 0) is 25.7 Å². The van der Waals surface area contributed by atoms with Crippen LogP contribution in [0.5, 0.6) is 0 Å². The predicted octanol–water partition coefficient (Wildman–Crippen LogP) is 4.27. The highest BCUT2D eigenvalue weighted by Crippen LogP contribution is 2.25. The SMILES string of the molecule is CC[C@@H]1CCCCN1C(=O)CSCC(=O)Nc1nc(-c2ccccc2)cs1. The smallest absolute Gasteiger partial charge is 0.236 e. The second kappa shape index (κ2) is 9.90. The molecular weight excluding hydrogens is 378 g/mol. The lowest BCUT2D eigenvalue weighted by Crippen LogP contribution is -2.44. The van der Waals surface area contributed by atoms with E-state index < -0.39 is 0 Å². The number of hydrogen-bond acceptors (Lipinski definition) is 5. The van der Waals surface area contributed by atoms with E-state index >= 15 is 0 Å². The number of nitrogens with one attached hydrogen (secondary N) is 1. The Morgan fingerprint density at radius 1 is 1.26 bits per heavy atom. The largest absolute Gasteiger partial charge is 0.339 e. The van der Waals surface area contributed by atoms with Crippen molar-refractivity contribution in [2.45, 2.75) is 38.6 Å². The molecule has 5 nitrogen and oxygen atoms in total. The van der Waals surface area contributed by atoms with Crippen molar-refractivity contribution in [3.05, 3.63) is 35.7 Å². The molecule has 0 bridgehead atoms. The number of carbonyl (C=O) groups excluding carboxylic acids is 2. The molecule has 2 aromatic rings. The fourth-order valence-corrected chi connectivity index (χ4v) is 4.73. The van der Waals surface area contributed by atoms with Crippen molar-refractivity contribution in [3.8, 4) is 11.3 Å². The van der Waals surface area contributed by atoms with E-state index in [2.05, 4.69) is 17.2 Å². The number of nitrogens with zero attached hydrogens (tertiary/aromatic N) is 2. The van der Waals surface area contributed by atoms with Crippen molar-refractivity contribution in [2.24, 2.45) is 0 Å². The minimum atomic E-state index is -0.118. The molecule has 0 radical (unpaired) electrons. The second-order valence-electron chi connectivity index (χ2n) is 6.59. The van der Waals surface area contributed by atoms with Gasteiger partial charge in [0.1, 0.15) is 0 Å². The zero-order valence-corrected chi connectivity index (χ0v) is 17.2. The van der Waals surface area contributed by atoms with Crippen LogP contribution >= 0.6 is 23.1 Å². The molecule has 1 saturated heterocycles. The Kier molecular flexibility index (Phi) is 7.29. The van der Waals surface area contributed by atoms with Crippen molar-refractivity contribution >= 4 is 40.0 Å². The van der Waals surface area contributed by atoms with Crippen molar-refractivity contribution < 1.29 is 9.59 Å². The summed E-state index contributed by atoms with van der Waals surface area (Å²) in [6, 6.07) is 10.2. The summed E-state index contributed by atoms with van der Waals surface area (Å²) in [5.74, 6) is 0.653. The first-order valence-electron chi connectivity index (χ1n) is 9.35. The summed E-state index contributed by atoms with van der Waals surface area (Å²) >= 11 is 2.78. The lowest BCUT2D eigenvalue weighted by molar-refractivity contribution is -0.132. The second-order valence-corrected chi connectivity index (χ2v) is 8.43. The Balaban J connectivity index is 1.43. The van der Waals surface area contributed by atoms with E-state index in [9.17, 15) is 9.59 Å². The third-order valence-corrected chi connectivity index (χ3v) is 6.37. The van der Waals surface area contributed by atoms with Crippen molar-refractivity contribution in [3.63, 3.8) is 0 Å². The van der Waals surface area contributed by atoms with Gasteiger partial charge in [-0.25, -0.2) is 4.98 Å². The molecule has 2 amide bonds. The van der Waals surface area contributed by atoms with Gasteiger partial charge in [0.2, 0.25) is 11.8 Å². The molecular formula is C20H25N3O2S2. The normalized spacial score (nSPS) is 16.9. The summed E-state index contributed by atoms with van der Waals surface area (Å²) in [6.07, 6.45) is 4.39. The molecule has 3 rings (SSSR count). The molecule has 27 heavy (non-hydrogen) atoms. The standard InChI is InChI=1S/C20H25N3O2S2/c1-2-16-10-6-7-11-23(16)19(25)14-26-13-18(24)22-20-21-17(12-27-20)15-8-4-3-5-9-15/h3-5,8-9,12,16H,2,6-7,10-11,13-14H2,1H3,(H,21,22,24)/t16-/m1/s1. The molecule has 2 heterocycles. The lowest BCUT2D eigenvalue weighted by atomic mass is 10.0. The van der Waals surface area contributed by atoms with Crippen LogP contribution in [-0.2, 0) is 9.59 Å². The van der Waals surface area contributed by atoms with Gasteiger partial charge in [-0.2, -0.15) is 0 Å². The van der Waals surface area contributed by atoms with Crippen LogP contribution in [-0.4, -0.2) is 45.8 Å². The molecule has 0 spiro atoms. The Morgan fingerprint density at radius 2 is 2.07 bits per heavy atom. The van der Waals surface area contributed by atoms with Crippen molar-refractivity contribution in [1.82, 2.24) is 9.88 Å². The monoisotopic (exact) mass is 403 g/mol. The molecule has 1 fully saturated rings. The Labute approximate surface area is 168 Å². The van der Waals surface area contributed by atoms with Gasteiger partial charge in [-0.1, -0.05) is 37.3 Å². The molecule has 1 N–H and O–H groups in total. The maximum Gasteiger partial charge on any atom is 0.236 e. The van der Waals surface area contributed by atoms with E-state index in [0.29, 0.717) is 16.9 Å². The molecule has 1 aliphatic heterocycles. The van der Waals surface area contributed by atoms with E-state index in [-0.39, 0.29) is 17.6 Å². The fraction of sp³-hybridized carbons (Fsp3) is 0.450. The van der Waals surface area contributed by atoms with Gasteiger partial charge in [0.25, 0.3) is 0 Å². The van der Waals surface area contributed by atoms with E-state index in [1.165, 1.54) is 29.5 Å². The van der Waals surface area contributed by atoms with E-state index in [1.807, 2.05) is 40.6 Å². The average molecular weight is 404 g/mol. The van der Waals surface area contributed by atoms with E-state index in [0.717, 1.165) is 37.1 Å². The number of piperidine rings is 1. The molecule has 0 aliphatic carbocycles. The number of carbonyl (C=O) groups is 2. The molecule has 0 unspecified atom stereocenters. The zero-order chi connectivity index (χ0) is 19.1. The summed E-state index contributed by atoms with van der Waals surface area (Å²) in [7, 11) is 0. The number of likely N-dealkylation sites (tertiary alicyclic amines) is 1. The highest BCUT2D eigenvalue weighted by atomic mass is 32.2. The van der Waals surface area contributed by atoms with Crippen LogP contribution < -0.4 is 5.32 Å². The van der Waals surface area contributed by atoms with Crippen LogP contribution in [0.1, 0.15) is 32.6 Å². The van der Waals surface area contributed by atoms with Gasteiger partial charge in [0.15, 0.2) is 5.13 Å². The maximum atomic E-state index is 12.4. The number of thiazole rings is 1. The first kappa shape index (κ1) is 19.9. The number of benzene rings is 1. The predicted molar refractivity (Wildman–Crippen MR) is 113 cm³/mol. The fourth-order valence-electron chi connectivity index (χ4n) is 3.30. The summed E-state index contributed by atoms with van der Waals surface area (Å²) in [5, 5.41) is 5.35. The minimum absolute atomic E-state index is 0.118. The van der Waals surface area contributed by atoms with Crippen LogP contribution in [0, 0.1) is 0 Å². The summed E-state index contributed by atoms with van der Waals surface area (Å²) in [5.41, 5.74) is 1.88. The van der Waals surface area contributed by atoms with Crippen LogP contribution in [0.25, 0.3) is 11.3 Å². The van der Waals surface area contributed by atoms with Crippen molar-refractivity contribution in [1.29, 1.82) is 0 Å². The van der Waals surface area contributed by atoms with Crippen LogP contribution in [0.3, 0.4) is 0 Å². The summed E-state index contributed by atoms with van der Waals surface area (Å²) in [4.78, 5) is 31.0. The highest BCUT2D eigenvalue weighted by Gasteiger charge is 2.25. The van der Waals surface area contributed by atoms with E-state index in [1.54, 1.807) is 0 Å². The van der Waals surface area contributed by atoms with Gasteiger partial charge in [0, 0.05) is 23.5 Å². The number of rotatable bonds is 7. The maximum absolute atomic E-state index is 12.4. The van der Waals surface area contributed by atoms with Gasteiger partial charge in [-0.3, -0.25) is 9.59 Å². The number of anilines is 1. The topological polar surface area (TPSA) is 62.3 Å². The minimum Gasteiger partial charge on any atom is -0.339 e. The summed E-state index contributed by atoms with van der Waals surface area (Å²) < 4.78 is 0. The average Bonchev–Trinajstić information content (AvgIpc) is 3.17. The molecule has 144 valence electrons. The highest BCUT2D eigenvalue weighted by molar-refractivity contribution is 8.00. The number of hydrogen-bond donors (Lipinski definition) is 1. The third-order valence-electron chi connectivity index (χ3n) is 4.70. The van der Waals surface area contributed by atoms with Gasteiger partial charge in [0.05, 0.1) is 17.2 Å². The van der Waals surface area contributed by atoms with Gasteiger partial charge < -0.3 is 10.2 Å². The van der Waals surface area contributed by atoms with Crippen LogP contribution in [0.4, 0.5) is 5.13 Å². The Morgan fingerprint density at radius 3 is 2.85 bits per heavy atom. The summed E-state index contributed by atoms with van der Waals surface area (Å²) in [6.45, 7) is 2.99. The number of thioether (sulfide) groups is 1. The molecule has 1 aliphatic rings. The molecule has 7 heteroatoms. The first-order valence-corrected chi connectivity index (χ1v) is 11.4. The Hall–Kier alpha value is -1.86. The van der Waals surface area contributed by atoms with Crippen LogP contribution in [0.15, 0.2) is 35.7 Å². The molecule has 1 aromatic carbocycles. The van der Waals surface area contributed by atoms with Gasteiger partial charge in [-0.15, -0.1) is 23.1 Å². The lowest BCUT2D eigenvalue weighted by Gasteiger charge is -2.35. The number of amides is 2. The quantitative estimate of drug-likeness (QED) is 0.750. The van der Waals surface area contributed by atoms with Crippen LogP contribution in [0.2, 0.25) is 0 Å². The third kappa shape index (κ3) is 5.56. The first-order chi connectivity index (χ1) is 13.2. The van der Waals surface area contributed by atoms with Crippen molar-refractivity contribution in [2.75, 3.05) is 23.4 Å². The number of aromatic nitrogens is 1. The molecule has 1 atom stereocenters. The Bertz CT molecular complexity index is 764. The van der Waals surface area contributed by atoms with Gasteiger partial charge >= 0.3 is 0 Å². The molecule has 1 aromatic heterocycles. The van der Waals surface area contributed by atoms with E-state index in [4.69, 9.17) is 0 Å².